The number of hydrazone groups is 1. The van der Waals surface area contributed by atoms with Crippen LogP contribution in [0.1, 0.15) is 53.6 Å². The van der Waals surface area contributed by atoms with Crippen LogP contribution in [0.4, 0.5) is 0 Å². The van der Waals surface area contributed by atoms with Crippen molar-refractivity contribution in [3.05, 3.63) is 65.2 Å². The van der Waals surface area contributed by atoms with Crippen molar-refractivity contribution < 1.29 is 14.3 Å². The number of nitrogens with one attached hydrogen (secondary N) is 1. The van der Waals surface area contributed by atoms with E-state index in [4.69, 9.17) is 4.74 Å². The summed E-state index contributed by atoms with van der Waals surface area (Å²) in [6.07, 6.45) is 6.93. The van der Waals surface area contributed by atoms with E-state index in [9.17, 15) is 9.59 Å². The number of ether oxygens (including phenoxy) is 1. The molecular weight excluding hydrogens is 340 g/mol. The van der Waals surface area contributed by atoms with Crippen LogP contribution >= 0.6 is 0 Å². The Hall–Kier alpha value is -2.95. The van der Waals surface area contributed by atoms with Gasteiger partial charge in [-0.3, -0.25) is 4.79 Å². The van der Waals surface area contributed by atoms with Crippen LogP contribution in [0.15, 0.2) is 53.6 Å². The average molecular weight is 364 g/mol. The topological polar surface area (TPSA) is 67.8 Å². The van der Waals surface area contributed by atoms with E-state index in [1.165, 1.54) is 6.42 Å². The SMILES string of the molecule is Cc1ccccc1C(=O)Oc1ccc(C=NNC(=O)C2CCCCC2)cc1. The Morgan fingerprint density at radius 2 is 1.74 bits per heavy atom. The second-order valence-electron chi connectivity index (χ2n) is 6.84. The van der Waals surface area contributed by atoms with Crippen LogP contribution in [-0.4, -0.2) is 18.1 Å². The third-order valence-corrected chi connectivity index (χ3v) is 4.82. The number of hydrogen-bond donors (Lipinski definition) is 1. The Morgan fingerprint density at radius 3 is 2.44 bits per heavy atom. The van der Waals surface area contributed by atoms with Gasteiger partial charge < -0.3 is 4.74 Å². The molecule has 0 aromatic heterocycles. The molecule has 2 aromatic carbocycles. The smallest absolute Gasteiger partial charge is 0.343 e. The molecule has 5 heteroatoms. The number of esters is 1. The Labute approximate surface area is 159 Å². The first-order valence-corrected chi connectivity index (χ1v) is 9.34. The van der Waals surface area contributed by atoms with Crippen LogP contribution in [0.25, 0.3) is 0 Å². The zero-order valence-electron chi connectivity index (χ0n) is 15.5. The minimum absolute atomic E-state index is 0.00488. The molecule has 0 spiro atoms. The lowest BCUT2D eigenvalue weighted by Gasteiger charge is -2.19. The van der Waals surface area contributed by atoms with Crippen molar-refractivity contribution in [2.45, 2.75) is 39.0 Å². The highest BCUT2D eigenvalue weighted by Crippen LogP contribution is 2.23. The van der Waals surface area contributed by atoms with Crippen LogP contribution < -0.4 is 10.2 Å². The first-order chi connectivity index (χ1) is 13.1. The molecule has 0 atom stereocenters. The highest BCUT2D eigenvalue weighted by molar-refractivity contribution is 5.92. The Kier molecular flexibility index (Phi) is 6.36. The van der Waals surface area contributed by atoms with E-state index in [0.717, 1.165) is 36.8 Å². The fourth-order valence-electron chi connectivity index (χ4n) is 3.21. The predicted octanol–water partition coefficient (Wildman–Crippen LogP) is 4.24. The number of aryl methyl sites for hydroxylation is 1. The number of carbonyl (C=O) groups is 2. The summed E-state index contributed by atoms with van der Waals surface area (Å²) in [6.45, 7) is 1.87. The summed E-state index contributed by atoms with van der Waals surface area (Å²) in [5.41, 5.74) is 4.86. The maximum absolute atomic E-state index is 12.2. The molecule has 0 bridgehead atoms. The molecule has 140 valence electrons. The van der Waals surface area contributed by atoms with E-state index in [0.29, 0.717) is 11.3 Å². The van der Waals surface area contributed by atoms with Gasteiger partial charge in [0.25, 0.3) is 0 Å². The van der Waals surface area contributed by atoms with Gasteiger partial charge in [-0.1, -0.05) is 37.5 Å². The molecule has 5 nitrogen and oxygen atoms in total. The molecule has 1 N–H and O–H groups in total. The summed E-state index contributed by atoms with van der Waals surface area (Å²) in [4.78, 5) is 24.3. The van der Waals surface area contributed by atoms with Gasteiger partial charge in [0.1, 0.15) is 5.75 Å². The first kappa shape index (κ1) is 18.8. The maximum atomic E-state index is 12.2. The lowest BCUT2D eigenvalue weighted by Crippen LogP contribution is -2.28. The second-order valence-corrected chi connectivity index (χ2v) is 6.84. The largest absolute Gasteiger partial charge is 0.423 e. The predicted molar refractivity (Wildman–Crippen MR) is 105 cm³/mol. The fourth-order valence-corrected chi connectivity index (χ4v) is 3.21. The van der Waals surface area contributed by atoms with Crippen LogP contribution in [0.2, 0.25) is 0 Å². The molecule has 0 saturated heterocycles. The van der Waals surface area contributed by atoms with Crippen molar-refractivity contribution >= 4 is 18.1 Å². The molecule has 0 unspecified atom stereocenters. The van der Waals surface area contributed by atoms with Gasteiger partial charge in [0, 0.05) is 5.92 Å². The lowest BCUT2D eigenvalue weighted by atomic mass is 9.89. The van der Waals surface area contributed by atoms with Crippen molar-refractivity contribution in [2.75, 3.05) is 0 Å². The number of carbonyl (C=O) groups excluding carboxylic acids is 2. The van der Waals surface area contributed by atoms with Gasteiger partial charge in [0.05, 0.1) is 11.8 Å². The van der Waals surface area contributed by atoms with Gasteiger partial charge in [-0.2, -0.15) is 5.10 Å². The Morgan fingerprint density at radius 1 is 1.04 bits per heavy atom. The maximum Gasteiger partial charge on any atom is 0.343 e. The van der Waals surface area contributed by atoms with Gasteiger partial charge in [0.15, 0.2) is 0 Å². The third kappa shape index (κ3) is 5.26. The molecule has 1 saturated carbocycles. The van der Waals surface area contributed by atoms with Crippen LogP contribution in [0, 0.1) is 12.8 Å². The average Bonchev–Trinajstić information content (AvgIpc) is 2.70. The van der Waals surface area contributed by atoms with E-state index in [-0.39, 0.29) is 17.8 Å². The molecular formula is C22H24N2O3. The number of amides is 1. The van der Waals surface area contributed by atoms with Crippen molar-refractivity contribution in [3.8, 4) is 5.75 Å². The fraction of sp³-hybridized carbons (Fsp3) is 0.318. The summed E-state index contributed by atoms with van der Waals surface area (Å²) in [5.74, 6) is 0.162. The molecule has 1 aliphatic carbocycles. The molecule has 1 amide bonds. The molecule has 1 aliphatic rings. The summed E-state index contributed by atoms with van der Waals surface area (Å²) >= 11 is 0. The van der Waals surface area contributed by atoms with Crippen LogP contribution in [0.3, 0.4) is 0 Å². The van der Waals surface area contributed by atoms with Crippen molar-refractivity contribution in [2.24, 2.45) is 11.0 Å². The monoisotopic (exact) mass is 364 g/mol. The van der Waals surface area contributed by atoms with Gasteiger partial charge >= 0.3 is 5.97 Å². The van der Waals surface area contributed by atoms with E-state index in [1.54, 1.807) is 36.5 Å². The zero-order valence-corrected chi connectivity index (χ0v) is 15.5. The summed E-state index contributed by atoms with van der Waals surface area (Å²) in [6, 6.07) is 14.3. The molecule has 0 heterocycles. The highest BCUT2D eigenvalue weighted by Gasteiger charge is 2.20. The van der Waals surface area contributed by atoms with Crippen molar-refractivity contribution in [3.63, 3.8) is 0 Å². The highest BCUT2D eigenvalue weighted by atomic mass is 16.5. The first-order valence-electron chi connectivity index (χ1n) is 9.34. The molecule has 1 fully saturated rings. The van der Waals surface area contributed by atoms with Gasteiger partial charge in [-0.25, -0.2) is 10.2 Å². The van der Waals surface area contributed by atoms with E-state index in [1.807, 2.05) is 25.1 Å². The number of nitrogens with zero attached hydrogens (tertiary/aromatic N) is 1. The normalized spacial score (nSPS) is 14.9. The Balaban J connectivity index is 1.53. The summed E-state index contributed by atoms with van der Waals surface area (Å²) in [5, 5.41) is 4.03. The van der Waals surface area contributed by atoms with E-state index >= 15 is 0 Å². The summed E-state index contributed by atoms with van der Waals surface area (Å²) in [7, 11) is 0. The molecule has 2 aromatic rings. The molecule has 3 rings (SSSR count). The van der Waals surface area contributed by atoms with Gasteiger partial charge in [0.2, 0.25) is 5.91 Å². The van der Waals surface area contributed by atoms with Gasteiger partial charge in [-0.05, 0) is 61.2 Å². The van der Waals surface area contributed by atoms with Crippen LogP contribution in [0.5, 0.6) is 5.75 Å². The van der Waals surface area contributed by atoms with Crippen molar-refractivity contribution in [1.82, 2.24) is 5.43 Å². The molecule has 27 heavy (non-hydrogen) atoms. The van der Waals surface area contributed by atoms with Crippen LogP contribution in [-0.2, 0) is 4.79 Å². The van der Waals surface area contributed by atoms with E-state index in [2.05, 4.69) is 10.5 Å². The summed E-state index contributed by atoms with van der Waals surface area (Å²) < 4.78 is 5.41. The third-order valence-electron chi connectivity index (χ3n) is 4.82. The minimum atomic E-state index is -0.380. The van der Waals surface area contributed by atoms with Crippen molar-refractivity contribution in [1.29, 1.82) is 0 Å². The minimum Gasteiger partial charge on any atom is -0.423 e. The quantitative estimate of drug-likeness (QED) is 0.373. The second kappa shape index (κ2) is 9.12. The van der Waals surface area contributed by atoms with E-state index < -0.39 is 0 Å². The number of hydrogen-bond acceptors (Lipinski definition) is 4. The number of rotatable bonds is 5. The number of benzene rings is 2. The molecule has 0 radical (unpaired) electrons. The molecule has 0 aliphatic heterocycles. The Bertz CT molecular complexity index is 822. The standard InChI is InChI=1S/C22H24N2O3/c1-16-7-5-6-10-20(16)22(26)27-19-13-11-17(12-14-19)15-23-24-21(25)18-8-3-2-4-9-18/h5-7,10-15,18H,2-4,8-9H2,1H3,(H,24,25). The zero-order chi connectivity index (χ0) is 19.1. The van der Waals surface area contributed by atoms with Gasteiger partial charge in [-0.15, -0.1) is 0 Å². The lowest BCUT2D eigenvalue weighted by molar-refractivity contribution is -0.125.